The van der Waals surface area contributed by atoms with Gasteiger partial charge in [-0.2, -0.15) is 9.97 Å². The van der Waals surface area contributed by atoms with Gasteiger partial charge in [0.25, 0.3) is 0 Å². The van der Waals surface area contributed by atoms with Gasteiger partial charge < -0.3 is 14.8 Å². The van der Waals surface area contributed by atoms with E-state index >= 15 is 0 Å². The maximum Gasteiger partial charge on any atom is 0.324 e. The van der Waals surface area contributed by atoms with Gasteiger partial charge in [-0.05, 0) is 18.6 Å². The van der Waals surface area contributed by atoms with Gasteiger partial charge in [0.2, 0.25) is 5.95 Å². The summed E-state index contributed by atoms with van der Waals surface area (Å²) < 4.78 is 10.0. The van der Waals surface area contributed by atoms with E-state index in [4.69, 9.17) is 21.1 Å². The van der Waals surface area contributed by atoms with Crippen LogP contribution < -0.4 is 14.8 Å². The summed E-state index contributed by atoms with van der Waals surface area (Å²) in [7, 11) is 2.96. The third kappa shape index (κ3) is 3.27. The van der Waals surface area contributed by atoms with Gasteiger partial charge in [-0.3, -0.25) is 0 Å². The van der Waals surface area contributed by atoms with Gasteiger partial charge in [0.15, 0.2) is 0 Å². The number of aromatic nitrogens is 3. The summed E-state index contributed by atoms with van der Waals surface area (Å²) in [4.78, 5) is 12.2. The van der Waals surface area contributed by atoms with Crippen molar-refractivity contribution >= 4 is 17.5 Å². The smallest absolute Gasteiger partial charge is 0.324 e. The first-order chi connectivity index (χ1) is 9.63. The first kappa shape index (κ1) is 14.3. The van der Waals surface area contributed by atoms with E-state index in [9.17, 15) is 0 Å². The highest BCUT2D eigenvalue weighted by molar-refractivity contribution is 6.31. The van der Waals surface area contributed by atoms with Gasteiger partial charge in [-0.15, -0.1) is 4.98 Å². The monoisotopic (exact) mass is 294 g/mol. The van der Waals surface area contributed by atoms with Gasteiger partial charge >= 0.3 is 12.0 Å². The highest BCUT2D eigenvalue weighted by Crippen LogP contribution is 2.25. The van der Waals surface area contributed by atoms with Crippen LogP contribution in [0.3, 0.4) is 0 Å². The molecule has 106 valence electrons. The standard InChI is InChI=1S/C13H15ClN4O2/c1-8(9-6-4-5-7-10(9)14)15-11-16-12(19-2)18-13(17-11)20-3/h4-8H,1-3H3,(H,15,16,17,18). The molecule has 0 aliphatic carbocycles. The molecule has 0 radical (unpaired) electrons. The minimum atomic E-state index is -0.0690. The molecule has 2 aromatic rings. The molecule has 1 aromatic heterocycles. The summed E-state index contributed by atoms with van der Waals surface area (Å²) in [5, 5.41) is 3.82. The fourth-order valence-corrected chi connectivity index (χ4v) is 1.98. The number of benzene rings is 1. The molecule has 1 atom stereocenters. The van der Waals surface area contributed by atoms with Crippen LogP contribution in [-0.4, -0.2) is 29.2 Å². The van der Waals surface area contributed by atoms with Crippen LogP contribution in [-0.2, 0) is 0 Å². The molecule has 0 saturated heterocycles. The maximum absolute atomic E-state index is 6.16. The van der Waals surface area contributed by atoms with Crippen LogP contribution in [0.2, 0.25) is 5.02 Å². The Morgan fingerprint density at radius 1 is 1.05 bits per heavy atom. The van der Waals surface area contributed by atoms with Gasteiger partial charge in [0, 0.05) is 5.02 Å². The van der Waals surface area contributed by atoms with E-state index in [1.54, 1.807) is 0 Å². The summed E-state index contributed by atoms with van der Waals surface area (Å²) >= 11 is 6.16. The Bertz CT molecular complexity index is 572. The van der Waals surface area contributed by atoms with E-state index in [1.807, 2.05) is 31.2 Å². The highest BCUT2D eigenvalue weighted by atomic mass is 35.5. The lowest BCUT2D eigenvalue weighted by Gasteiger charge is -2.15. The molecule has 1 N–H and O–H groups in total. The SMILES string of the molecule is COc1nc(NC(C)c2ccccc2Cl)nc(OC)n1. The number of nitrogens with one attached hydrogen (secondary N) is 1. The number of methoxy groups -OCH3 is 2. The van der Waals surface area contributed by atoms with Gasteiger partial charge in [-0.1, -0.05) is 29.8 Å². The highest BCUT2D eigenvalue weighted by Gasteiger charge is 2.13. The summed E-state index contributed by atoms with van der Waals surface area (Å²) in [5.41, 5.74) is 0.951. The number of nitrogens with zero attached hydrogens (tertiary/aromatic N) is 3. The van der Waals surface area contributed by atoms with E-state index in [0.29, 0.717) is 11.0 Å². The Kier molecular flexibility index (Phi) is 4.57. The minimum absolute atomic E-state index is 0.0690. The zero-order valence-corrected chi connectivity index (χ0v) is 12.2. The average molecular weight is 295 g/mol. The number of hydrogen-bond donors (Lipinski definition) is 1. The Morgan fingerprint density at radius 3 is 2.20 bits per heavy atom. The average Bonchev–Trinajstić information content (AvgIpc) is 2.47. The van der Waals surface area contributed by atoms with Crippen molar-refractivity contribution in [3.05, 3.63) is 34.9 Å². The molecular formula is C13H15ClN4O2. The van der Waals surface area contributed by atoms with Crippen LogP contribution in [0.25, 0.3) is 0 Å². The third-order valence-corrected chi connectivity index (χ3v) is 3.02. The topological polar surface area (TPSA) is 69.2 Å². The van der Waals surface area contributed by atoms with Crippen LogP contribution in [0.5, 0.6) is 12.0 Å². The molecule has 0 fully saturated rings. The van der Waals surface area contributed by atoms with Crippen molar-refractivity contribution in [2.45, 2.75) is 13.0 Å². The minimum Gasteiger partial charge on any atom is -0.467 e. The Hall–Kier alpha value is -2.08. The molecule has 0 spiro atoms. The molecule has 0 aliphatic heterocycles. The third-order valence-electron chi connectivity index (χ3n) is 2.68. The van der Waals surface area contributed by atoms with Crippen molar-refractivity contribution in [3.63, 3.8) is 0 Å². The number of halogens is 1. The largest absolute Gasteiger partial charge is 0.467 e. The molecule has 1 aromatic carbocycles. The number of ether oxygens (including phenoxy) is 2. The molecule has 7 heteroatoms. The van der Waals surface area contributed by atoms with Crippen LogP contribution in [0, 0.1) is 0 Å². The molecule has 1 heterocycles. The predicted molar refractivity (Wildman–Crippen MR) is 76.4 cm³/mol. The van der Waals surface area contributed by atoms with Crippen molar-refractivity contribution in [1.82, 2.24) is 15.0 Å². The van der Waals surface area contributed by atoms with Crippen molar-refractivity contribution < 1.29 is 9.47 Å². The second kappa shape index (κ2) is 6.38. The Labute approximate surface area is 122 Å². The normalized spacial score (nSPS) is 11.8. The van der Waals surface area contributed by atoms with Crippen LogP contribution in [0.15, 0.2) is 24.3 Å². The molecule has 0 aliphatic rings. The number of hydrogen-bond acceptors (Lipinski definition) is 6. The lowest BCUT2D eigenvalue weighted by molar-refractivity contribution is 0.341. The first-order valence-electron chi connectivity index (χ1n) is 5.99. The molecule has 0 amide bonds. The quantitative estimate of drug-likeness (QED) is 0.914. The summed E-state index contributed by atoms with van der Waals surface area (Å²) in [6.07, 6.45) is 0. The first-order valence-corrected chi connectivity index (χ1v) is 6.37. The van der Waals surface area contributed by atoms with Gasteiger partial charge in [-0.25, -0.2) is 0 Å². The summed E-state index contributed by atoms with van der Waals surface area (Å²) in [6, 6.07) is 7.89. The number of rotatable bonds is 5. The van der Waals surface area contributed by atoms with E-state index in [2.05, 4.69) is 20.3 Å². The summed E-state index contributed by atoms with van der Waals surface area (Å²) in [6.45, 7) is 1.96. The van der Waals surface area contributed by atoms with Crippen LogP contribution >= 0.6 is 11.6 Å². The van der Waals surface area contributed by atoms with E-state index in [0.717, 1.165) is 5.56 Å². The van der Waals surface area contributed by atoms with Gasteiger partial charge in [0.1, 0.15) is 0 Å². The molecular weight excluding hydrogens is 280 g/mol. The number of anilines is 1. The molecule has 2 rings (SSSR count). The Morgan fingerprint density at radius 2 is 1.65 bits per heavy atom. The fraction of sp³-hybridized carbons (Fsp3) is 0.308. The van der Waals surface area contributed by atoms with E-state index < -0.39 is 0 Å². The molecule has 20 heavy (non-hydrogen) atoms. The van der Waals surface area contributed by atoms with E-state index in [1.165, 1.54) is 14.2 Å². The molecule has 1 unspecified atom stereocenters. The predicted octanol–water partition coefficient (Wildman–Crippen LogP) is 2.72. The van der Waals surface area contributed by atoms with Crippen LogP contribution in [0.1, 0.15) is 18.5 Å². The molecule has 6 nitrogen and oxygen atoms in total. The lowest BCUT2D eigenvalue weighted by Crippen LogP contribution is -2.11. The fourth-order valence-electron chi connectivity index (χ4n) is 1.68. The van der Waals surface area contributed by atoms with Crippen molar-refractivity contribution in [2.75, 3.05) is 19.5 Å². The Balaban J connectivity index is 2.23. The maximum atomic E-state index is 6.16. The van der Waals surface area contributed by atoms with Gasteiger partial charge in [0.05, 0.1) is 20.3 Å². The lowest BCUT2D eigenvalue weighted by atomic mass is 10.1. The zero-order chi connectivity index (χ0) is 14.5. The molecule has 0 bridgehead atoms. The van der Waals surface area contributed by atoms with E-state index in [-0.39, 0.29) is 18.1 Å². The van der Waals surface area contributed by atoms with Crippen molar-refractivity contribution in [1.29, 1.82) is 0 Å². The van der Waals surface area contributed by atoms with Crippen molar-refractivity contribution in [3.8, 4) is 12.0 Å². The summed E-state index contributed by atoms with van der Waals surface area (Å²) in [5.74, 6) is 0.362. The van der Waals surface area contributed by atoms with Crippen molar-refractivity contribution in [2.24, 2.45) is 0 Å². The second-order valence-corrected chi connectivity index (χ2v) is 4.43. The zero-order valence-electron chi connectivity index (χ0n) is 11.4. The van der Waals surface area contributed by atoms with Crippen LogP contribution in [0.4, 0.5) is 5.95 Å². The second-order valence-electron chi connectivity index (χ2n) is 4.02. The molecule has 0 saturated carbocycles.